The third-order valence-corrected chi connectivity index (χ3v) is 3.82. The average Bonchev–Trinajstić information content (AvgIpc) is 2.23. The molecule has 0 atom stereocenters. The van der Waals surface area contributed by atoms with Crippen molar-refractivity contribution in [3.8, 4) is 0 Å². The van der Waals surface area contributed by atoms with Crippen LogP contribution < -0.4 is 4.72 Å². The van der Waals surface area contributed by atoms with E-state index in [0.29, 0.717) is 11.4 Å². The van der Waals surface area contributed by atoms with Crippen LogP contribution in [0.25, 0.3) is 0 Å². The maximum Gasteiger partial charge on any atom is 0.270 e. The maximum absolute atomic E-state index is 13.5. The molecular weight excluding hydrogens is 307 g/mol. The predicted molar refractivity (Wildman–Crippen MR) is 68.6 cm³/mol. The zero-order chi connectivity index (χ0) is 15.8. The van der Waals surface area contributed by atoms with Gasteiger partial charge in [-0.25, -0.2) is 36.3 Å². The fourth-order valence-corrected chi connectivity index (χ4v) is 2.79. The number of nitrogens with zero attached hydrogens (tertiary/aromatic N) is 2. The van der Waals surface area contributed by atoms with Crippen molar-refractivity contribution in [1.82, 2.24) is 9.97 Å². The van der Waals surface area contributed by atoms with Gasteiger partial charge in [0.15, 0.2) is 4.90 Å². The molecule has 112 valence electrons. The fraction of sp³-hybridized carbons (Fsp3) is 0.167. The van der Waals surface area contributed by atoms with E-state index in [0.717, 1.165) is 0 Å². The molecular formula is C12H10F3N3O2S. The Morgan fingerprint density at radius 1 is 0.952 bits per heavy atom. The summed E-state index contributed by atoms with van der Waals surface area (Å²) in [7, 11) is -4.62. The van der Waals surface area contributed by atoms with Gasteiger partial charge in [-0.2, -0.15) is 0 Å². The summed E-state index contributed by atoms with van der Waals surface area (Å²) in [5.74, 6) is -4.61. The number of hydrogen-bond acceptors (Lipinski definition) is 4. The van der Waals surface area contributed by atoms with Gasteiger partial charge in [0.1, 0.15) is 17.5 Å². The first kappa shape index (κ1) is 15.2. The second kappa shape index (κ2) is 5.32. The van der Waals surface area contributed by atoms with Crippen molar-refractivity contribution in [2.75, 3.05) is 4.72 Å². The van der Waals surface area contributed by atoms with E-state index in [1.54, 1.807) is 19.9 Å². The largest absolute Gasteiger partial charge is 0.270 e. The van der Waals surface area contributed by atoms with Crippen LogP contribution in [0.15, 0.2) is 23.1 Å². The molecule has 2 rings (SSSR count). The zero-order valence-corrected chi connectivity index (χ0v) is 11.8. The first-order chi connectivity index (χ1) is 9.69. The lowest BCUT2D eigenvalue weighted by molar-refractivity contribution is 0.498. The molecule has 0 fully saturated rings. The molecule has 9 heteroatoms. The molecule has 0 bridgehead atoms. The molecule has 2 aromatic rings. The Bertz CT molecular complexity index is 766. The van der Waals surface area contributed by atoms with Crippen molar-refractivity contribution in [3.05, 3.63) is 47.0 Å². The minimum Gasteiger partial charge on any atom is -0.247 e. The number of anilines is 1. The highest BCUT2D eigenvalue weighted by Gasteiger charge is 2.26. The van der Waals surface area contributed by atoms with Gasteiger partial charge in [-0.1, -0.05) is 0 Å². The molecule has 0 radical (unpaired) electrons. The number of aromatic nitrogens is 2. The summed E-state index contributed by atoms with van der Waals surface area (Å²) >= 11 is 0. The van der Waals surface area contributed by atoms with Gasteiger partial charge in [0, 0.05) is 23.5 Å². The predicted octanol–water partition coefficient (Wildman–Crippen LogP) is 2.31. The van der Waals surface area contributed by atoms with E-state index in [1.165, 1.54) is 0 Å². The number of nitrogens with one attached hydrogen (secondary N) is 1. The van der Waals surface area contributed by atoms with Crippen LogP contribution in [0.1, 0.15) is 11.4 Å². The highest BCUT2D eigenvalue weighted by molar-refractivity contribution is 7.92. The molecule has 0 saturated carbocycles. The molecule has 5 nitrogen and oxygen atoms in total. The van der Waals surface area contributed by atoms with E-state index in [-0.39, 0.29) is 18.1 Å². The summed E-state index contributed by atoms with van der Waals surface area (Å²) in [6.45, 7) is 3.21. The second-order valence-electron chi connectivity index (χ2n) is 4.28. The topological polar surface area (TPSA) is 72.0 Å². The summed E-state index contributed by atoms with van der Waals surface area (Å²) in [5.41, 5.74) is 0.945. The smallest absolute Gasteiger partial charge is 0.247 e. The van der Waals surface area contributed by atoms with Crippen molar-refractivity contribution in [3.63, 3.8) is 0 Å². The number of benzene rings is 1. The quantitative estimate of drug-likeness (QED) is 0.943. The van der Waals surface area contributed by atoms with Gasteiger partial charge in [-0.15, -0.1) is 0 Å². The number of hydrogen-bond donors (Lipinski definition) is 1. The summed E-state index contributed by atoms with van der Waals surface area (Å²) < 4.78 is 65.7. The molecule has 0 unspecified atom stereocenters. The van der Waals surface area contributed by atoms with Crippen LogP contribution in [0.5, 0.6) is 0 Å². The standard InChI is InChI=1S/C12H10F3N3O2S/c1-6-3-7(2)17-12(16-6)18-21(19,20)11-9(14)4-8(13)5-10(11)15/h3-5H,1-2H3,(H,16,17,18). The van der Waals surface area contributed by atoms with Crippen molar-refractivity contribution in [2.24, 2.45) is 0 Å². The molecule has 0 aliphatic heterocycles. The molecule has 1 heterocycles. The van der Waals surface area contributed by atoms with Crippen LogP contribution in [0, 0.1) is 31.3 Å². The summed E-state index contributed by atoms with van der Waals surface area (Å²) in [5, 5.41) is 0. The van der Waals surface area contributed by atoms with Gasteiger partial charge in [0.05, 0.1) is 0 Å². The van der Waals surface area contributed by atoms with Crippen molar-refractivity contribution < 1.29 is 21.6 Å². The van der Waals surface area contributed by atoms with Crippen LogP contribution in [0.2, 0.25) is 0 Å². The van der Waals surface area contributed by atoms with Crippen molar-refractivity contribution in [1.29, 1.82) is 0 Å². The maximum atomic E-state index is 13.5. The number of rotatable bonds is 3. The Balaban J connectivity index is 2.48. The van der Waals surface area contributed by atoms with E-state index in [1.807, 2.05) is 4.72 Å². The fourth-order valence-electron chi connectivity index (χ4n) is 1.73. The Morgan fingerprint density at radius 2 is 1.43 bits per heavy atom. The van der Waals surface area contributed by atoms with Gasteiger partial charge in [-0.05, 0) is 19.9 Å². The Labute approximate surface area is 118 Å². The molecule has 0 aliphatic carbocycles. The molecule has 0 spiro atoms. The second-order valence-corrected chi connectivity index (χ2v) is 5.90. The third kappa shape index (κ3) is 3.30. The molecule has 1 aromatic heterocycles. The van der Waals surface area contributed by atoms with Crippen LogP contribution in [-0.4, -0.2) is 18.4 Å². The minimum absolute atomic E-state index is 0.278. The molecule has 0 saturated heterocycles. The molecule has 1 N–H and O–H groups in total. The van der Waals surface area contributed by atoms with Crippen LogP contribution in [0.4, 0.5) is 19.1 Å². The van der Waals surface area contributed by atoms with E-state index in [4.69, 9.17) is 0 Å². The average molecular weight is 317 g/mol. The number of sulfonamides is 1. The van der Waals surface area contributed by atoms with Crippen molar-refractivity contribution in [2.45, 2.75) is 18.7 Å². The minimum atomic E-state index is -4.62. The summed E-state index contributed by atoms with van der Waals surface area (Å²) in [4.78, 5) is 6.32. The number of halogens is 3. The van der Waals surface area contributed by atoms with Crippen LogP contribution >= 0.6 is 0 Å². The van der Waals surface area contributed by atoms with E-state index in [9.17, 15) is 21.6 Å². The van der Waals surface area contributed by atoms with E-state index in [2.05, 4.69) is 9.97 Å². The summed E-state index contributed by atoms with van der Waals surface area (Å²) in [6, 6.07) is 2.15. The van der Waals surface area contributed by atoms with Gasteiger partial charge >= 0.3 is 0 Å². The van der Waals surface area contributed by atoms with Gasteiger partial charge < -0.3 is 0 Å². The molecule has 21 heavy (non-hydrogen) atoms. The van der Waals surface area contributed by atoms with E-state index < -0.39 is 32.4 Å². The first-order valence-corrected chi connectivity index (χ1v) is 7.17. The lowest BCUT2D eigenvalue weighted by atomic mass is 10.3. The van der Waals surface area contributed by atoms with Crippen LogP contribution in [-0.2, 0) is 10.0 Å². The monoisotopic (exact) mass is 317 g/mol. The van der Waals surface area contributed by atoms with E-state index >= 15 is 0 Å². The first-order valence-electron chi connectivity index (χ1n) is 5.69. The summed E-state index contributed by atoms with van der Waals surface area (Å²) in [6.07, 6.45) is 0. The van der Waals surface area contributed by atoms with Gasteiger partial charge in [0.25, 0.3) is 10.0 Å². The lowest BCUT2D eigenvalue weighted by Gasteiger charge is -2.09. The lowest BCUT2D eigenvalue weighted by Crippen LogP contribution is -2.18. The highest BCUT2D eigenvalue weighted by Crippen LogP contribution is 2.22. The zero-order valence-electron chi connectivity index (χ0n) is 11.0. The number of aryl methyl sites for hydroxylation is 2. The van der Waals surface area contributed by atoms with Crippen molar-refractivity contribution >= 4 is 16.0 Å². The third-order valence-electron chi connectivity index (χ3n) is 2.44. The Kier molecular flexibility index (Phi) is 3.86. The Morgan fingerprint density at radius 3 is 1.90 bits per heavy atom. The SMILES string of the molecule is Cc1cc(C)nc(NS(=O)(=O)c2c(F)cc(F)cc2F)n1. The van der Waals surface area contributed by atoms with Gasteiger partial charge in [0.2, 0.25) is 5.95 Å². The normalized spacial score (nSPS) is 11.5. The molecule has 1 aromatic carbocycles. The van der Waals surface area contributed by atoms with Gasteiger partial charge in [-0.3, -0.25) is 0 Å². The van der Waals surface area contributed by atoms with Crippen LogP contribution in [0.3, 0.4) is 0 Å². The molecule has 0 amide bonds. The Hall–Kier alpha value is -2.16. The highest BCUT2D eigenvalue weighted by atomic mass is 32.2. The molecule has 0 aliphatic rings.